The van der Waals surface area contributed by atoms with Crippen molar-refractivity contribution in [3.05, 3.63) is 0 Å². The van der Waals surface area contributed by atoms with Gasteiger partial charge in [0, 0.05) is 17.9 Å². The first kappa shape index (κ1) is 12.8. The van der Waals surface area contributed by atoms with Crippen molar-refractivity contribution in [2.24, 2.45) is 11.7 Å². The molecular weight excluding hydrogens is 198 g/mol. The number of alkyl halides is 2. The minimum atomic E-state index is -2.61. The maximum Gasteiger partial charge on any atom is 0.252 e. The van der Waals surface area contributed by atoms with Crippen molar-refractivity contribution in [2.75, 3.05) is 20.1 Å². The highest BCUT2D eigenvalue weighted by Crippen LogP contribution is 2.37. The van der Waals surface area contributed by atoms with Crippen LogP contribution < -0.4 is 5.73 Å². The molecule has 2 nitrogen and oxygen atoms in total. The summed E-state index contributed by atoms with van der Waals surface area (Å²) in [7, 11) is 1.97. The Balaban J connectivity index is 2.54. The van der Waals surface area contributed by atoms with Gasteiger partial charge in [0.1, 0.15) is 0 Å². The van der Waals surface area contributed by atoms with E-state index in [1.807, 2.05) is 7.05 Å². The van der Waals surface area contributed by atoms with E-state index < -0.39 is 17.4 Å². The lowest BCUT2D eigenvalue weighted by Gasteiger charge is -2.36. The predicted octanol–water partition coefficient (Wildman–Crippen LogP) is 2.09. The summed E-state index contributed by atoms with van der Waals surface area (Å²) >= 11 is 0. The van der Waals surface area contributed by atoms with Crippen molar-refractivity contribution in [1.29, 1.82) is 0 Å². The van der Waals surface area contributed by atoms with Crippen molar-refractivity contribution in [3.8, 4) is 0 Å². The third-order valence-corrected chi connectivity index (χ3v) is 3.01. The normalized spacial score (nSPS) is 22.0. The minimum absolute atomic E-state index is 0.214. The molecule has 1 aliphatic rings. The number of halogens is 2. The summed E-state index contributed by atoms with van der Waals surface area (Å²) in [6.07, 6.45) is 0.952. The van der Waals surface area contributed by atoms with Gasteiger partial charge in [-0.25, -0.2) is 8.78 Å². The molecule has 1 heterocycles. The highest BCUT2D eigenvalue weighted by molar-refractivity contribution is 4.88. The Morgan fingerprint density at radius 3 is 2.13 bits per heavy atom. The van der Waals surface area contributed by atoms with Crippen LogP contribution in [0.4, 0.5) is 8.78 Å². The maximum atomic E-state index is 13.8. The van der Waals surface area contributed by atoms with Crippen molar-refractivity contribution in [1.82, 2.24) is 4.90 Å². The van der Waals surface area contributed by atoms with E-state index in [-0.39, 0.29) is 6.42 Å². The van der Waals surface area contributed by atoms with E-state index >= 15 is 0 Å². The molecule has 0 amide bonds. The third-order valence-electron chi connectivity index (χ3n) is 3.01. The molecule has 15 heavy (non-hydrogen) atoms. The van der Waals surface area contributed by atoms with Gasteiger partial charge >= 0.3 is 0 Å². The van der Waals surface area contributed by atoms with Gasteiger partial charge in [0.05, 0.1) is 0 Å². The molecule has 0 unspecified atom stereocenters. The molecule has 4 heteroatoms. The van der Waals surface area contributed by atoms with Crippen LogP contribution in [0.1, 0.15) is 33.1 Å². The summed E-state index contributed by atoms with van der Waals surface area (Å²) in [6.45, 7) is 4.86. The van der Waals surface area contributed by atoms with Gasteiger partial charge in [0.25, 0.3) is 5.92 Å². The average molecular weight is 220 g/mol. The SMILES string of the molecule is CN1CCC(C(F)(F)CC(C)(C)N)CC1. The van der Waals surface area contributed by atoms with E-state index in [1.54, 1.807) is 13.8 Å². The molecule has 90 valence electrons. The van der Waals surface area contributed by atoms with Crippen molar-refractivity contribution < 1.29 is 8.78 Å². The van der Waals surface area contributed by atoms with Crippen LogP contribution >= 0.6 is 0 Å². The molecule has 1 saturated heterocycles. The van der Waals surface area contributed by atoms with Crippen molar-refractivity contribution >= 4 is 0 Å². The molecule has 1 rings (SSSR count). The average Bonchev–Trinajstić information content (AvgIpc) is 2.00. The molecule has 0 aromatic carbocycles. The lowest BCUT2D eigenvalue weighted by molar-refractivity contribution is -0.0938. The minimum Gasteiger partial charge on any atom is -0.325 e. The molecule has 0 spiro atoms. The molecule has 0 saturated carbocycles. The molecule has 0 atom stereocenters. The predicted molar refractivity (Wildman–Crippen MR) is 58.1 cm³/mol. The molecule has 1 aliphatic heterocycles. The number of likely N-dealkylation sites (tertiary alicyclic amines) is 1. The van der Waals surface area contributed by atoms with Gasteiger partial charge < -0.3 is 10.6 Å². The van der Waals surface area contributed by atoms with Crippen LogP contribution in [0.3, 0.4) is 0 Å². The van der Waals surface area contributed by atoms with Crippen LogP contribution in [0.2, 0.25) is 0 Å². The molecule has 1 fully saturated rings. The van der Waals surface area contributed by atoms with Crippen LogP contribution in [0.5, 0.6) is 0 Å². The Morgan fingerprint density at radius 2 is 1.73 bits per heavy atom. The second kappa shape index (κ2) is 4.34. The Bertz CT molecular complexity index is 203. The van der Waals surface area contributed by atoms with Gasteiger partial charge in [-0.15, -0.1) is 0 Å². The smallest absolute Gasteiger partial charge is 0.252 e. The number of rotatable bonds is 3. The first-order valence-corrected chi connectivity index (χ1v) is 5.56. The van der Waals surface area contributed by atoms with Crippen LogP contribution in [0, 0.1) is 5.92 Å². The standard InChI is InChI=1S/C11H22F2N2/c1-10(2,14)8-11(12,13)9-4-6-15(3)7-5-9/h9H,4-8,14H2,1-3H3. The van der Waals surface area contributed by atoms with Gasteiger partial charge in [-0.2, -0.15) is 0 Å². The van der Waals surface area contributed by atoms with Gasteiger partial charge in [-0.05, 0) is 46.8 Å². The summed E-state index contributed by atoms with van der Waals surface area (Å²) in [5.41, 5.74) is 4.88. The fourth-order valence-electron chi connectivity index (χ4n) is 2.18. The topological polar surface area (TPSA) is 29.3 Å². The molecule has 2 N–H and O–H groups in total. The quantitative estimate of drug-likeness (QED) is 0.789. The van der Waals surface area contributed by atoms with Gasteiger partial charge in [0.2, 0.25) is 0 Å². The summed E-state index contributed by atoms with van der Waals surface area (Å²) < 4.78 is 27.7. The zero-order chi connectivity index (χ0) is 11.7. The fraction of sp³-hybridized carbons (Fsp3) is 1.00. The molecule has 0 aromatic heterocycles. The maximum absolute atomic E-state index is 13.8. The monoisotopic (exact) mass is 220 g/mol. The Kier molecular flexibility index (Phi) is 3.71. The highest BCUT2D eigenvalue weighted by Gasteiger charge is 2.43. The van der Waals surface area contributed by atoms with Crippen molar-refractivity contribution in [2.45, 2.75) is 44.6 Å². The Labute approximate surface area is 90.8 Å². The number of nitrogens with zero attached hydrogens (tertiary/aromatic N) is 1. The molecule has 0 bridgehead atoms. The largest absolute Gasteiger partial charge is 0.325 e. The summed E-state index contributed by atoms with van der Waals surface area (Å²) in [5, 5.41) is 0. The second-order valence-electron chi connectivity index (χ2n) is 5.50. The molecule has 0 aromatic rings. The number of hydrogen-bond acceptors (Lipinski definition) is 2. The Hall–Kier alpha value is -0.220. The zero-order valence-electron chi connectivity index (χ0n) is 9.89. The first-order valence-electron chi connectivity index (χ1n) is 5.56. The summed E-state index contributed by atoms with van der Waals surface area (Å²) in [4.78, 5) is 2.10. The van der Waals surface area contributed by atoms with Gasteiger partial charge in [0.15, 0.2) is 0 Å². The molecule has 0 radical (unpaired) electrons. The summed E-state index contributed by atoms with van der Waals surface area (Å²) in [5.74, 6) is -3.10. The highest BCUT2D eigenvalue weighted by atomic mass is 19.3. The van der Waals surface area contributed by atoms with E-state index in [0.717, 1.165) is 13.1 Å². The first-order chi connectivity index (χ1) is 6.71. The molecule has 0 aliphatic carbocycles. The second-order valence-corrected chi connectivity index (χ2v) is 5.50. The Morgan fingerprint density at radius 1 is 1.27 bits per heavy atom. The van der Waals surface area contributed by atoms with Crippen LogP contribution in [0.15, 0.2) is 0 Å². The van der Waals surface area contributed by atoms with Crippen LogP contribution in [-0.2, 0) is 0 Å². The van der Waals surface area contributed by atoms with Crippen LogP contribution in [0.25, 0.3) is 0 Å². The van der Waals surface area contributed by atoms with Crippen molar-refractivity contribution in [3.63, 3.8) is 0 Å². The van der Waals surface area contributed by atoms with E-state index in [9.17, 15) is 8.78 Å². The fourth-order valence-corrected chi connectivity index (χ4v) is 2.18. The number of nitrogens with two attached hydrogens (primary N) is 1. The van der Waals surface area contributed by atoms with E-state index in [1.165, 1.54) is 0 Å². The van der Waals surface area contributed by atoms with Gasteiger partial charge in [-0.3, -0.25) is 0 Å². The lowest BCUT2D eigenvalue weighted by Crippen LogP contribution is -2.45. The summed E-state index contributed by atoms with van der Waals surface area (Å²) in [6, 6.07) is 0. The third kappa shape index (κ3) is 4.03. The van der Waals surface area contributed by atoms with E-state index in [0.29, 0.717) is 12.8 Å². The van der Waals surface area contributed by atoms with Crippen LogP contribution in [-0.4, -0.2) is 36.5 Å². The number of piperidine rings is 1. The van der Waals surface area contributed by atoms with E-state index in [2.05, 4.69) is 4.90 Å². The number of hydrogen-bond donors (Lipinski definition) is 1. The lowest BCUT2D eigenvalue weighted by atomic mass is 9.84. The molecular formula is C11H22F2N2. The van der Waals surface area contributed by atoms with Gasteiger partial charge in [-0.1, -0.05) is 0 Å². The zero-order valence-corrected chi connectivity index (χ0v) is 9.89. The van der Waals surface area contributed by atoms with E-state index in [4.69, 9.17) is 5.73 Å².